The molecule has 0 atom stereocenters. The largest absolute Gasteiger partial charge is 0.455 e. The van der Waals surface area contributed by atoms with E-state index in [4.69, 9.17) is 4.42 Å². The van der Waals surface area contributed by atoms with Crippen LogP contribution in [-0.4, -0.2) is 0 Å². The molecule has 2 nitrogen and oxygen atoms in total. The van der Waals surface area contributed by atoms with Gasteiger partial charge in [-0.3, -0.25) is 0 Å². The van der Waals surface area contributed by atoms with Crippen molar-refractivity contribution in [3.8, 4) is 44.5 Å². The van der Waals surface area contributed by atoms with Crippen LogP contribution in [0.5, 0.6) is 0 Å². The highest BCUT2D eigenvalue weighted by Crippen LogP contribution is 2.49. The van der Waals surface area contributed by atoms with Gasteiger partial charge < -0.3 is 9.32 Å². The molecule has 0 amide bonds. The maximum atomic E-state index is 7.07. The van der Waals surface area contributed by atoms with Crippen molar-refractivity contribution in [1.29, 1.82) is 0 Å². The summed E-state index contributed by atoms with van der Waals surface area (Å²) in [6.45, 7) is 0. The van der Waals surface area contributed by atoms with Crippen LogP contribution in [0.3, 0.4) is 0 Å². The maximum Gasteiger partial charge on any atom is 0.145 e. The van der Waals surface area contributed by atoms with Crippen molar-refractivity contribution in [2.24, 2.45) is 0 Å². The predicted octanol–water partition coefficient (Wildman–Crippen LogP) is 18.3. The Bertz CT molecular complexity index is 4010. The molecule has 0 saturated heterocycles. The van der Waals surface area contributed by atoms with Gasteiger partial charge in [0.15, 0.2) is 0 Å². The summed E-state index contributed by atoms with van der Waals surface area (Å²) in [6, 6.07) is 90.2. The van der Waals surface area contributed by atoms with E-state index in [2.05, 4.69) is 254 Å². The van der Waals surface area contributed by atoms with E-state index in [1.54, 1.807) is 0 Å². The molecule has 13 rings (SSSR count). The summed E-state index contributed by atoms with van der Waals surface area (Å²) in [5.74, 6) is 0. The standard InChI is InChI=1S/C64H41NO/c1-2-17-42(18-3-1)43-21-14-22-44(37-43)45-23-15-25-49(38-45)65(50-26-16-24-46(39-50)59-40-47-19-4-6-27-51(47)53-29-8-10-31-55(53)59)61-36-35-57(64-63(61)58-33-12-13-34-62(58)66-64)60-41-48-20-5-7-28-52(48)54-30-9-11-32-56(54)60/h1-41H. The topological polar surface area (TPSA) is 16.4 Å². The van der Waals surface area contributed by atoms with E-state index in [9.17, 15) is 0 Å². The first-order chi connectivity index (χ1) is 32.7. The lowest BCUT2D eigenvalue weighted by Gasteiger charge is -2.28. The van der Waals surface area contributed by atoms with Crippen molar-refractivity contribution in [2.75, 3.05) is 4.90 Å². The highest BCUT2D eigenvalue weighted by molar-refractivity contribution is 6.21. The quantitative estimate of drug-likeness (QED) is 0.149. The third-order valence-corrected chi connectivity index (χ3v) is 13.4. The van der Waals surface area contributed by atoms with Gasteiger partial charge in [0.05, 0.1) is 11.1 Å². The van der Waals surface area contributed by atoms with Gasteiger partial charge in [-0.1, -0.05) is 188 Å². The van der Waals surface area contributed by atoms with E-state index < -0.39 is 0 Å². The molecule has 0 N–H and O–H groups in total. The molecule has 1 heterocycles. The number of furan rings is 1. The summed E-state index contributed by atoms with van der Waals surface area (Å²) in [5.41, 5.74) is 14.1. The molecule has 66 heavy (non-hydrogen) atoms. The summed E-state index contributed by atoms with van der Waals surface area (Å²) in [6.07, 6.45) is 0. The number of nitrogens with zero attached hydrogens (tertiary/aromatic N) is 1. The zero-order valence-corrected chi connectivity index (χ0v) is 36.0. The van der Waals surface area contributed by atoms with Crippen LogP contribution in [0.1, 0.15) is 0 Å². The predicted molar refractivity (Wildman–Crippen MR) is 280 cm³/mol. The zero-order valence-electron chi connectivity index (χ0n) is 36.0. The van der Waals surface area contributed by atoms with Gasteiger partial charge in [-0.2, -0.15) is 0 Å². The fraction of sp³-hybridized carbons (Fsp3) is 0. The molecular formula is C64H41NO. The average molecular weight is 840 g/mol. The molecule has 0 spiro atoms. The van der Waals surface area contributed by atoms with Crippen LogP contribution in [0.25, 0.3) is 110 Å². The minimum atomic E-state index is 0.856. The van der Waals surface area contributed by atoms with Gasteiger partial charge in [0, 0.05) is 22.3 Å². The van der Waals surface area contributed by atoms with E-state index in [1.807, 2.05) is 0 Å². The summed E-state index contributed by atoms with van der Waals surface area (Å²) < 4.78 is 7.07. The van der Waals surface area contributed by atoms with Crippen molar-refractivity contribution in [3.63, 3.8) is 0 Å². The lowest BCUT2D eigenvalue weighted by Crippen LogP contribution is -2.11. The van der Waals surface area contributed by atoms with E-state index in [0.717, 1.165) is 66.8 Å². The SMILES string of the molecule is c1ccc(-c2cccc(-c3cccc(N(c4cccc(-c5cc6ccccc6c6ccccc56)c4)c4ccc(-c5cc6ccccc6c6ccccc56)c5oc6ccccc6c45)c3)c2)cc1. The molecule has 0 bridgehead atoms. The number of fused-ring (bicyclic) bond motifs is 9. The second-order valence-corrected chi connectivity index (χ2v) is 17.2. The van der Waals surface area contributed by atoms with Crippen molar-refractivity contribution in [1.82, 2.24) is 0 Å². The first kappa shape index (κ1) is 37.8. The Kier molecular flexibility index (Phi) is 8.89. The zero-order chi connectivity index (χ0) is 43.6. The van der Waals surface area contributed by atoms with Crippen LogP contribution < -0.4 is 4.90 Å². The van der Waals surface area contributed by atoms with E-state index in [1.165, 1.54) is 59.8 Å². The number of para-hydroxylation sites is 1. The van der Waals surface area contributed by atoms with Gasteiger partial charge in [0.25, 0.3) is 0 Å². The Morgan fingerprint density at radius 3 is 1.42 bits per heavy atom. The molecule has 13 aromatic rings. The van der Waals surface area contributed by atoms with Crippen LogP contribution >= 0.6 is 0 Å². The van der Waals surface area contributed by atoms with Crippen molar-refractivity contribution < 1.29 is 4.42 Å². The van der Waals surface area contributed by atoms with Crippen LogP contribution in [0.4, 0.5) is 17.1 Å². The van der Waals surface area contributed by atoms with Gasteiger partial charge in [-0.25, -0.2) is 0 Å². The highest BCUT2D eigenvalue weighted by atomic mass is 16.3. The molecule has 0 aliphatic rings. The molecule has 0 fully saturated rings. The van der Waals surface area contributed by atoms with Crippen LogP contribution in [-0.2, 0) is 0 Å². The molecule has 2 heteroatoms. The number of hydrogen-bond acceptors (Lipinski definition) is 2. The summed E-state index contributed by atoms with van der Waals surface area (Å²) in [4.78, 5) is 2.43. The first-order valence-corrected chi connectivity index (χ1v) is 22.7. The number of benzene rings is 12. The maximum absolute atomic E-state index is 7.07. The Hall–Kier alpha value is -8.72. The normalized spacial score (nSPS) is 11.6. The third kappa shape index (κ3) is 6.26. The minimum Gasteiger partial charge on any atom is -0.455 e. The smallest absolute Gasteiger partial charge is 0.145 e. The van der Waals surface area contributed by atoms with Crippen molar-refractivity contribution in [3.05, 3.63) is 249 Å². The summed E-state index contributed by atoms with van der Waals surface area (Å²) in [5, 5.41) is 12.0. The van der Waals surface area contributed by atoms with E-state index in [-0.39, 0.29) is 0 Å². The molecule has 1 aromatic heterocycles. The molecule has 308 valence electrons. The minimum absolute atomic E-state index is 0.856. The molecular weight excluding hydrogens is 799 g/mol. The first-order valence-electron chi connectivity index (χ1n) is 22.7. The van der Waals surface area contributed by atoms with Crippen LogP contribution in [0.15, 0.2) is 253 Å². The van der Waals surface area contributed by atoms with Crippen molar-refractivity contribution >= 4 is 82.1 Å². The Morgan fingerprint density at radius 1 is 0.273 bits per heavy atom. The molecule has 0 radical (unpaired) electrons. The van der Waals surface area contributed by atoms with Crippen molar-refractivity contribution in [2.45, 2.75) is 0 Å². The Morgan fingerprint density at radius 2 is 0.742 bits per heavy atom. The van der Waals surface area contributed by atoms with Gasteiger partial charge in [0.2, 0.25) is 0 Å². The second-order valence-electron chi connectivity index (χ2n) is 17.2. The molecule has 0 aliphatic heterocycles. The Balaban J connectivity index is 1.07. The summed E-state index contributed by atoms with van der Waals surface area (Å²) >= 11 is 0. The summed E-state index contributed by atoms with van der Waals surface area (Å²) in [7, 11) is 0. The molecule has 0 unspecified atom stereocenters. The number of anilines is 3. The fourth-order valence-corrected chi connectivity index (χ4v) is 10.4. The van der Waals surface area contributed by atoms with Crippen LogP contribution in [0.2, 0.25) is 0 Å². The number of rotatable bonds is 7. The molecule has 0 saturated carbocycles. The van der Waals surface area contributed by atoms with E-state index in [0.29, 0.717) is 0 Å². The van der Waals surface area contributed by atoms with Crippen LogP contribution in [0, 0.1) is 0 Å². The Labute approximate surface area is 382 Å². The third-order valence-electron chi connectivity index (χ3n) is 13.4. The van der Waals surface area contributed by atoms with Gasteiger partial charge >= 0.3 is 0 Å². The average Bonchev–Trinajstić information content (AvgIpc) is 3.79. The van der Waals surface area contributed by atoms with Gasteiger partial charge in [-0.05, 0) is 143 Å². The number of hydrogen-bond donors (Lipinski definition) is 0. The molecule has 0 aliphatic carbocycles. The second kappa shape index (κ2) is 15.5. The van der Waals surface area contributed by atoms with Gasteiger partial charge in [0.1, 0.15) is 11.2 Å². The fourth-order valence-electron chi connectivity index (χ4n) is 10.4. The van der Waals surface area contributed by atoms with E-state index >= 15 is 0 Å². The lowest BCUT2D eigenvalue weighted by molar-refractivity contribution is 0.670. The molecule has 12 aromatic carbocycles. The highest BCUT2D eigenvalue weighted by Gasteiger charge is 2.24. The lowest BCUT2D eigenvalue weighted by atomic mass is 9.91. The monoisotopic (exact) mass is 839 g/mol. The van der Waals surface area contributed by atoms with Gasteiger partial charge in [-0.15, -0.1) is 0 Å².